The maximum atomic E-state index is 13.0. The topological polar surface area (TPSA) is 125 Å². The van der Waals surface area contributed by atoms with Crippen molar-refractivity contribution in [3.8, 4) is 0 Å². The van der Waals surface area contributed by atoms with Crippen LogP contribution in [0.1, 0.15) is 15.9 Å². The van der Waals surface area contributed by atoms with Crippen molar-refractivity contribution in [1.82, 2.24) is 5.32 Å². The average molecular weight is 466 g/mol. The summed E-state index contributed by atoms with van der Waals surface area (Å²) in [5, 5.41) is 17.2. The van der Waals surface area contributed by atoms with Crippen LogP contribution in [0.15, 0.2) is 78.9 Å². The van der Waals surface area contributed by atoms with Crippen molar-refractivity contribution < 1.29 is 24.3 Å². The van der Waals surface area contributed by atoms with Gasteiger partial charge in [-0.1, -0.05) is 54.1 Å². The SMILES string of the molecule is O=C(Nc1ccc(Cl)cc1)C(=O)NC(Cc1ccccc1)C(=O)Nc1ccccc1C(=O)O. The van der Waals surface area contributed by atoms with E-state index in [0.29, 0.717) is 10.7 Å². The van der Waals surface area contributed by atoms with E-state index >= 15 is 0 Å². The lowest BCUT2D eigenvalue weighted by molar-refractivity contribution is -0.137. The second-order valence-electron chi connectivity index (χ2n) is 7.02. The van der Waals surface area contributed by atoms with Crippen LogP contribution in [0.4, 0.5) is 11.4 Å². The van der Waals surface area contributed by atoms with Crippen LogP contribution >= 0.6 is 11.6 Å². The molecule has 0 aromatic heterocycles. The van der Waals surface area contributed by atoms with Gasteiger partial charge < -0.3 is 21.1 Å². The molecule has 0 aliphatic rings. The van der Waals surface area contributed by atoms with Gasteiger partial charge in [0.05, 0.1) is 11.3 Å². The molecule has 1 atom stereocenters. The van der Waals surface area contributed by atoms with E-state index in [4.69, 9.17) is 11.6 Å². The van der Waals surface area contributed by atoms with Crippen LogP contribution in [-0.2, 0) is 20.8 Å². The zero-order valence-electron chi connectivity index (χ0n) is 17.2. The number of hydrogen-bond donors (Lipinski definition) is 4. The minimum Gasteiger partial charge on any atom is -0.478 e. The van der Waals surface area contributed by atoms with Gasteiger partial charge in [-0.3, -0.25) is 14.4 Å². The van der Waals surface area contributed by atoms with Crippen molar-refractivity contribution in [2.45, 2.75) is 12.5 Å². The molecule has 0 saturated heterocycles. The minimum absolute atomic E-state index is 0.0768. The Morgan fingerprint density at radius 1 is 0.788 bits per heavy atom. The van der Waals surface area contributed by atoms with E-state index in [1.165, 1.54) is 30.3 Å². The summed E-state index contributed by atoms with van der Waals surface area (Å²) in [6.07, 6.45) is 0.0852. The van der Waals surface area contributed by atoms with Gasteiger partial charge in [-0.05, 0) is 42.0 Å². The number of nitrogens with one attached hydrogen (secondary N) is 3. The van der Waals surface area contributed by atoms with E-state index in [0.717, 1.165) is 5.56 Å². The van der Waals surface area contributed by atoms with Crippen LogP contribution in [-0.4, -0.2) is 34.8 Å². The summed E-state index contributed by atoms with van der Waals surface area (Å²) in [6, 6.07) is 19.8. The Labute approximate surface area is 194 Å². The number of anilines is 2. The van der Waals surface area contributed by atoms with Crippen LogP contribution in [0.3, 0.4) is 0 Å². The molecule has 3 aromatic rings. The van der Waals surface area contributed by atoms with E-state index in [1.54, 1.807) is 48.5 Å². The highest BCUT2D eigenvalue weighted by Gasteiger charge is 2.26. The summed E-state index contributed by atoms with van der Waals surface area (Å²) < 4.78 is 0. The molecule has 3 rings (SSSR count). The molecule has 0 fully saturated rings. The number of amides is 3. The summed E-state index contributed by atoms with van der Waals surface area (Å²) >= 11 is 5.82. The lowest BCUT2D eigenvalue weighted by atomic mass is 10.0. The fourth-order valence-corrected chi connectivity index (χ4v) is 3.13. The number of rotatable bonds is 7. The summed E-state index contributed by atoms with van der Waals surface area (Å²) in [5.41, 5.74) is 1.07. The highest BCUT2D eigenvalue weighted by molar-refractivity contribution is 6.40. The van der Waals surface area contributed by atoms with Crippen LogP contribution in [0, 0.1) is 0 Å². The molecule has 33 heavy (non-hydrogen) atoms. The monoisotopic (exact) mass is 465 g/mol. The molecule has 8 nitrogen and oxygen atoms in total. The van der Waals surface area contributed by atoms with Crippen LogP contribution in [0.5, 0.6) is 0 Å². The van der Waals surface area contributed by atoms with Crippen LogP contribution in [0.25, 0.3) is 0 Å². The number of para-hydroxylation sites is 1. The third kappa shape index (κ3) is 6.65. The minimum atomic E-state index is -1.21. The van der Waals surface area contributed by atoms with E-state index in [2.05, 4.69) is 16.0 Å². The molecule has 0 spiro atoms. The molecular weight excluding hydrogens is 446 g/mol. The summed E-state index contributed by atoms with van der Waals surface area (Å²) in [5.74, 6) is -3.86. The number of benzene rings is 3. The third-order valence-corrected chi connectivity index (χ3v) is 4.88. The van der Waals surface area contributed by atoms with Crippen molar-refractivity contribution in [2.75, 3.05) is 10.6 Å². The third-order valence-electron chi connectivity index (χ3n) is 4.63. The largest absolute Gasteiger partial charge is 0.478 e. The van der Waals surface area contributed by atoms with Crippen molar-refractivity contribution in [3.63, 3.8) is 0 Å². The molecule has 168 valence electrons. The van der Waals surface area contributed by atoms with Gasteiger partial charge in [-0.15, -0.1) is 0 Å². The number of hydrogen-bond acceptors (Lipinski definition) is 4. The number of carboxylic acid groups (broad SMARTS) is 1. The standard InChI is InChI=1S/C24H20ClN3O5/c25-16-10-12-17(13-11-16)26-22(30)23(31)28-20(14-15-6-2-1-3-7-15)21(29)27-19-9-5-4-8-18(19)24(32)33/h1-13,20H,14H2,(H,26,30)(H,27,29)(H,28,31)(H,32,33). The van der Waals surface area contributed by atoms with Gasteiger partial charge in [0, 0.05) is 17.1 Å². The number of carbonyl (C=O) groups is 4. The second kappa shape index (κ2) is 10.9. The predicted molar refractivity (Wildman–Crippen MR) is 124 cm³/mol. The molecule has 3 amide bonds. The number of halogens is 1. The molecule has 0 aliphatic heterocycles. The van der Waals surface area contributed by atoms with Gasteiger partial charge in [-0.25, -0.2) is 4.79 Å². The summed E-state index contributed by atoms with van der Waals surface area (Å²) in [4.78, 5) is 49.3. The van der Waals surface area contributed by atoms with E-state index < -0.39 is 29.7 Å². The molecule has 4 N–H and O–H groups in total. The average Bonchev–Trinajstić information content (AvgIpc) is 2.81. The first kappa shape index (κ1) is 23.5. The first-order valence-corrected chi connectivity index (χ1v) is 10.3. The molecule has 0 saturated carbocycles. The molecule has 0 heterocycles. The van der Waals surface area contributed by atoms with Gasteiger partial charge >= 0.3 is 17.8 Å². The van der Waals surface area contributed by atoms with Gasteiger partial charge in [0.15, 0.2) is 0 Å². The molecular formula is C24H20ClN3O5. The Bertz CT molecular complexity index is 1170. The number of carboxylic acids is 1. The molecule has 0 bridgehead atoms. The number of carbonyl (C=O) groups excluding carboxylic acids is 3. The first-order valence-electron chi connectivity index (χ1n) is 9.88. The van der Waals surface area contributed by atoms with Crippen molar-refractivity contribution >= 4 is 46.7 Å². The normalized spacial score (nSPS) is 11.2. The van der Waals surface area contributed by atoms with Gasteiger partial charge in [-0.2, -0.15) is 0 Å². The molecule has 0 radical (unpaired) electrons. The van der Waals surface area contributed by atoms with Gasteiger partial charge in [0.1, 0.15) is 6.04 Å². The Morgan fingerprint density at radius 2 is 1.42 bits per heavy atom. The molecule has 1 unspecified atom stereocenters. The highest BCUT2D eigenvalue weighted by atomic mass is 35.5. The van der Waals surface area contributed by atoms with Crippen LogP contribution < -0.4 is 16.0 Å². The zero-order chi connectivity index (χ0) is 23.8. The van der Waals surface area contributed by atoms with Crippen LogP contribution in [0.2, 0.25) is 5.02 Å². The Kier molecular flexibility index (Phi) is 7.77. The highest BCUT2D eigenvalue weighted by Crippen LogP contribution is 2.16. The fourth-order valence-electron chi connectivity index (χ4n) is 3.00. The molecule has 9 heteroatoms. The Morgan fingerprint density at radius 3 is 2.09 bits per heavy atom. The van der Waals surface area contributed by atoms with Crippen molar-refractivity contribution in [3.05, 3.63) is 95.0 Å². The molecule has 3 aromatic carbocycles. The maximum absolute atomic E-state index is 13.0. The van der Waals surface area contributed by atoms with Crippen molar-refractivity contribution in [1.29, 1.82) is 0 Å². The number of aromatic carboxylic acids is 1. The van der Waals surface area contributed by atoms with Gasteiger partial charge in [0.25, 0.3) is 0 Å². The van der Waals surface area contributed by atoms with E-state index in [-0.39, 0.29) is 17.7 Å². The second-order valence-corrected chi connectivity index (χ2v) is 7.45. The quantitative estimate of drug-likeness (QED) is 0.398. The smallest absolute Gasteiger partial charge is 0.337 e. The summed E-state index contributed by atoms with van der Waals surface area (Å²) in [6.45, 7) is 0. The molecule has 0 aliphatic carbocycles. The van der Waals surface area contributed by atoms with Crippen molar-refractivity contribution in [2.24, 2.45) is 0 Å². The Hall–Kier alpha value is -4.17. The first-order chi connectivity index (χ1) is 15.8. The van der Waals surface area contributed by atoms with Gasteiger partial charge in [0.2, 0.25) is 5.91 Å². The maximum Gasteiger partial charge on any atom is 0.337 e. The van der Waals surface area contributed by atoms with E-state index in [1.807, 2.05) is 0 Å². The lowest BCUT2D eigenvalue weighted by Gasteiger charge is -2.19. The lowest BCUT2D eigenvalue weighted by Crippen LogP contribution is -2.49. The zero-order valence-corrected chi connectivity index (χ0v) is 18.0. The van der Waals surface area contributed by atoms with E-state index in [9.17, 15) is 24.3 Å². The predicted octanol–water partition coefficient (Wildman–Crippen LogP) is 3.34. The Balaban J connectivity index is 1.76. The fraction of sp³-hybridized carbons (Fsp3) is 0.0833. The summed E-state index contributed by atoms with van der Waals surface area (Å²) in [7, 11) is 0.